The van der Waals surface area contributed by atoms with Crippen LogP contribution in [0, 0.1) is 11.7 Å². The number of hydrogen-bond acceptors (Lipinski definition) is 3. The van der Waals surface area contributed by atoms with Gasteiger partial charge in [-0.15, -0.1) is 0 Å². The van der Waals surface area contributed by atoms with Crippen molar-refractivity contribution in [3.8, 4) is 0 Å². The van der Waals surface area contributed by atoms with Gasteiger partial charge in [-0.25, -0.2) is 4.39 Å². The Hall–Kier alpha value is -1.90. The lowest BCUT2D eigenvalue weighted by atomic mass is 9.96. The molecule has 1 aromatic carbocycles. The van der Waals surface area contributed by atoms with Gasteiger partial charge in [0.05, 0.1) is 12.1 Å². The van der Waals surface area contributed by atoms with Crippen LogP contribution in [0.15, 0.2) is 23.3 Å². The monoisotopic (exact) mass is 348 g/mol. The zero-order valence-electron chi connectivity index (χ0n) is 12.1. The Bertz CT molecular complexity index is 595. The van der Waals surface area contributed by atoms with E-state index >= 15 is 0 Å². The third-order valence-electron chi connectivity index (χ3n) is 3.69. The molecule has 0 atom stereocenters. The molecule has 3 N–H and O–H groups in total. The normalized spacial score (nSPS) is 16.8. The summed E-state index contributed by atoms with van der Waals surface area (Å²) in [7, 11) is 0. The van der Waals surface area contributed by atoms with Gasteiger partial charge >= 0.3 is 6.18 Å². The van der Waals surface area contributed by atoms with E-state index < -0.39 is 17.9 Å². The third-order valence-corrected chi connectivity index (χ3v) is 3.78. The molecule has 0 spiro atoms. The minimum absolute atomic E-state index is 0.0200. The predicted octanol–water partition coefficient (Wildman–Crippen LogP) is 2.77. The second-order valence-electron chi connectivity index (χ2n) is 5.24. The molecule has 1 heterocycles. The topological polar surface area (TPSA) is 53.6 Å². The first-order valence-electron chi connectivity index (χ1n) is 6.97. The Morgan fingerprint density at radius 3 is 2.52 bits per heavy atom. The molecule has 0 bridgehead atoms. The summed E-state index contributed by atoms with van der Waals surface area (Å²) in [6.07, 6.45) is -2.89. The molecular formula is C14H16F4N4S. The number of hydrogen-bond donors (Lipinski definition) is 2. The lowest BCUT2D eigenvalue weighted by molar-refractivity contribution is -0.179. The average molecular weight is 348 g/mol. The lowest BCUT2D eigenvalue weighted by Crippen LogP contribution is -2.39. The van der Waals surface area contributed by atoms with Crippen LogP contribution in [0.2, 0.25) is 0 Å². The molecular weight excluding hydrogens is 332 g/mol. The van der Waals surface area contributed by atoms with Crippen molar-refractivity contribution in [1.29, 1.82) is 0 Å². The summed E-state index contributed by atoms with van der Waals surface area (Å²) in [6.45, 7) is 0.500. The van der Waals surface area contributed by atoms with Gasteiger partial charge in [0.2, 0.25) is 0 Å². The summed E-state index contributed by atoms with van der Waals surface area (Å²) in [6, 6.07) is 4.44. The van der Waals surface area contributed by atoms with Crippen LogP contribution in [-0.4, -0.2) is 30.6 Å². The van der Waals surface area contributed by atoms with Crippen LogP contribution in [0.3, 0.4) is 0 Å². The maximum absolute atomic E-state index is 14.0. The van der Waals surface area contributed by atoms with Crippen LogP contribution in [-0.2, 0) is 0 Å². The zero-order valence-corrected chi connectivity index (χ0v) is 12.9. The fourth-order valence-corrected chi connectivity index (χ4v) is 2.50. The highest BCUT2D eigenvalue weighted by molar-refractivity contribution is 7.80. The predicted molar refractivity (Wildman–Crippen MR) is 84.9 cm³/mol. The second kappa shape index (κ2) is 7.12. The molecule has 1 aliphatic heterocycles. The Morgan fingerprint density at radius 2 is 2.00 bits per heavy atom. The van der Waals surface area contributed by atoms with Gasteiger partial charge < -0.3 is 10.6 Å². The molecule has 0 aromatic heterocycles. The molecule has 1 fully saturated rings. The number of nitrogens with one attached hydrogen (secondary N) is 1. The van der Waals surface area contributed by atoms with Crippen molar-refractivity contribution in [1.82, 2.24) is 5.43 Å². The van der Waals surface area contributed by atoms with Gasteiger partial charge in [-0.1, -0.05) is 0 Å². The van der Waals surface area contributed by atoms with Gasteiger partial charge in [-0.05, 0) is 43.3 Å². The van der Waals surface area contributed by atoms with Crippen LogP contribution in [0.25, 0.3) is 0 Å². The van der Waals surface area contributed by atoms with Crippen molar-refractivity contribution in [3.63, 3.8) is 0 Å². The lowest BCUT2D eigenvalue weighted by Gasteiger charge is -2.34. The van der Waals surface area contributed by atoms with Crippen molar-refractivity contribution >= 4 is 29.2 Å². The fraction of sp³-hybridized carbons (Fsp3) is 0.429. The highest BCUT2D eigenvalue weighted by Gasteiger charge is 2.41. The van der Waals surface area contributed by atoms with E-state index in [1.165, 1.54) is 18.3 Å². The molecule has 23 heavy (non-hydrogen) atoms. The first-order valence-corrected chi connectivity index (χ1v) is 7.38. The molecule has 1 saturated heterocycles. The molecule has 0 saturated carbocycles. The van der Waals surface area contributed by atoms with E-state index in [0.717, 1.165) is 0 Å². The molecule has 4 nitrogen and oxygen atoms in total. The standard InChI is InChI=1S/C14H16F4N4S/c15-12-7-11(2-1-9(12)8-20-21-13(19)23)22-5-3-10(4-6-22)14(16,17)18/h1-2,7-8,10H,3-6H2,(H3,19,21,23). The second-order valence-corrected chi connectivity index (χ2v) is 5.68. The van der Waals surface area contributed by atoms with Crippen LogP contribution >= 0.6 is 12.2 Å². The van der Waals surface area contributed by atoms with E-state index in [-0.39, 0.29) is 36.6 Å². The number of nitrogens with two attached hydrogens (primary N) is 1. The molecule has 0 amide bonds. The van der Waals surface area contributed by atoms with Crippen LogP contribution in [0.1, 0.15) is 18.4 Å². The summed E-state index contributed by atoms with van der Waals surface area (Å²) in [5.41, 5.74) is 8.28. The van der Waals surface area contributed by atoms with Crippen molar-refractivity contribution in [2.45, 2.75) is 19.0 Å². The number of anilines is 1. The van der Waals surface area contributed by atoms with E-state index in [1.807, 2.05) is 0 Å². The summed E-state index contributed by atoms with van der Waals surface area (Å²) in [5.74, 6) is -1.80. The molecule has 9 heteroatoms. The molecule has 126 valence electrons. The summed E-state index contributed by atoms with van der Waals surface area (Å²) in [5, 5.41) is 3.62. The Morgan fingerprint density at radius 1 is 1.35 bits per heavy atom. The van der Waals surface area contributed by atoms with Gasteiger partial charge in [0.25, 0.3) is 0 Å². The third kappa shape index (κ3) is 4.78. The molecule has 2 rings (SSSR count). The van der Waals surface area contributed by atoms with Gasteiger partial charge in [0.1, 0.15) is 5.82 Å². The molecule has 1 aromatic rings. The van der Waals surface area contributed by atoms with Crippen molar-refractivity contribution < 1.29 is 17.6 Å². The summed E-state index contributed by atoms with van der Waals surface area (Å²) < 4.78 is 51.9. The van der Waals surface area contributed by atoms with Gasteiger partial charge in [-0.2, -0.15) is 18.3 Å². The van der Waals surface area contributed by atoms with E-state index in [4.69, 9.17) is 5.73 Å². The van der Waals surface area contributed by atoms with Gasteiger partial charge in [0.15, 0.2) is 5.11 Å². The first kappa shape index (κ1) is 17.5. The number of nitrogens with zero attached hydrogens (tertiary/aromatic N) is 2. The summed E-state index contributed by atoms with van der Waals surface area (Å²) in [4.78, 5) is 1.75. The van der Waals surface area contributed by atoms with Crippen LogP contribution in [0.5, 0.6) is 0 Å². The van der Waals surface area contributed by atoms with E-state index in [9.17, 15) is 17.6 Å². The highest BCUT2D eigenvalue weighted by atomic mass is 32.1. The number of benzene rings is 1. The summed E-state index contributed by atoms with van der Waals surface area (Å²) >= 11 is 4.56. The fourth-order valence-electron chi connectivity index (χ4n) is 2.45. The minimum atomic E-state index is -4.16. The molecule has 0 aliphatic carbocycles. The van der Waals surface area contributed by atoms with Gasteiger partial charge in [-0.3, -0.25) is 5.43 Å². The molecule has 1 aliphatic rings. The van der Waals surface area contributed by atoms with Crippen LogP contribution in [0.4, 0.5) is 23.2 Å². The quantitative estimate of drug-likeness (QED) is 0.382. The number of halogens is 4. The Balaban J connectivity index is 2.01. The molecule has 0 radical (unpaired) electrons. The zero-order chi connectivity index (χ0) is 17.0. The van der Waals surface area contributed by atoms with Crippen molar-refractivity contribution in [2.75, 3.05) is 18.0 Å². The van der Waals surface area contributed by atoms with Crippen molar-refractivity contribution in [2.24, 2.45) is 16.8 Å². The van der Waals surface area contributed by atoms with E-state index in [2.05, 4.69) is 22.7 Å². The van der Waals surface area contributed by atoms with Crippen LogP contribution < -0.4 is 16.1 Å². The number of piperidine rings is 1. The number of thiocarbonyl (C=S) groups is 1. The SMILES string of the molecule is NC(=S)NN=Cc1ccc(N2CCC(C(F)(F)F)CC2)cc1F. The number of hydrazone groups is 1. The van der Waals surface area contributed by atoms with Gasteiger partial charge in [0, 0.05) is 24.3 Å². The molecule has 0 unspecified atom stereocenters. The largest absolute Gasteiger partial charge is 0.391 e. The number of alkyl halides is 3. The Labute approximate surface area is 136 Å². The van der Waals surface area contributed by atoms with E-state index in [1.54, 1.807) is 11.0 Å². The Kier molecular flexibility index (Phi) is 5.40. The average Bonchev–Trinajstić information content (AvgIpc) is 2.48. The maximum Gasteiger partial charge on any atom is 0.391 e. The van der Waals surface area contributed by atoms with E-state index in [0.29, 0.717) is 5.69 Å². The number of rotatable bonds is 3. The maximum atomic E-state index is 14.0. The first-order chi connectivity index (χ1) is 10.8. The smallest absolute Gasteiger partial charge is 0.375 e. The minimum Gasteiger partial charge on any atom is -0.375 e. The highest BCUT2D eigenvalue weighted by Crippen LogP contribution is 2.35. The van der Waals surface area contributed by atoms with Crippen molar-refractivity contribution in [3.05, 3.63) is 29.6 Å².